The highest BCUT2D eigenvalue weighted by molar-refractivity contribution is 5.91. The van der Waals surface area contributed by atoms with Gasteiger partial charge in [-0.25, -0.2) is 0 Å². The van der Waals surface area contributed by atoms with Crippen LogP contribution < -0.4 is 9.47 Å². The Hall–Kier alpha value is -1.77. The van der Waals surface area contributed by atoms with E-state index in [1.54, 1.807) is 26.4 Å². The number of ketones is 1. The van der Waals surface area contributed by atoms with Crippen molar-refractivity contribution in [2.75, 3.05) is 14.2 Å². The van der Waals surface area contributed by atoms with Crippen molar-refractivity contribution in [1.82, 2.24) is 0 Å². The Bertz CT molecular complexity index is 381. The van der Waals surface area contributed by atoms with E-state index < -0.39 is 0 Å². The molecule has 0 spiro atoms. The van der Waals surface area contributed by atoms with Crippen molar-refractivity contribution in [1.29, 1.82) is 0 Å². The summed E-state index contributed by atoms with van der Waals surface area (Å²) in [5.41, 5.74) is 0.855. The average Bonchev–Trinajstić information content (AvgIpc) is 2.38. The first-order valence-corrected chi connectivity index (χ1v) is 5.58. The molecule has 0 saturated carbocycles. The minimum Gasteiger partial charge on any atom is -0.497 e. The van der Waals surface area contributed by atoms with Crippen LogP contribution in [0.4, 0.5) is 0 Å². The summed E-state index contributed by atoms with van der Waals surface area (Å²) in [6.07, 6.45) is 3.23. The number of ether oxygens (including phenoxy) is 2. The lowest BCUT2D eigenvalue weighted by Crippen LogP contribution is -1.90. The summed E-state index contributed by atoms with van der Waals surface area (Å²) in [5.74, 6) is 1.42. The summed E-state index contributed by atoms with van der Waals surface area (Å²) in [6, 6.07) is 5.44. The third kappa shape index (κ3) is 5.20. The molecule has 1 rings (SSSR count). The molecule has 0 aromatic heterocycles. The first-order chi connectivity index (χ1) is 8.17. The number of carbonyl (C=O) groups excluding carboxylic acids is 1. The molecule has 0 heterocycles. The number of methoxy groups -OCH3 is 2. The summed E-state index contributed by atoms with van der Waals surface area (Å²) in [7, 11) is 3.18. The summed E-state index contributed by atoms with van der Waals surface area (Å²) < 4.78 is 10.2. The molecule has 0 saturated heterocycles. The second-order valence-electron chi connectivity index (χ2n) is 3.05. The second-order valence-corrected chi connectivity index (χ2v) is 3.05. The van der Waals surface area contributed by atoms with Crippen LogP contribution in [0.3, 0.4) is 0 Å². The molecule has 0 bridgehead atoms. The van der Waals surface area contributed by atoms with Crippen LogP contribution in [0.2, 0.25) is 0 Å². The Kier molecular flexibility index (Phi) is 7.52. The summed E-state index contributed by atoms with van der Waals surface area (Å²) in [4.78, 5) is 10.8. The van der Waals surface area contributed by atoms with Crippen LogP contribution in [-0.2, 0) is 4.79 Å². The van der Waals surface area contributed by atoms with Crippen molar-refractivity contribution in [2.24, 2.45) is 0 Å². The van der Waals surface area contributed by atoms with Gasteiger partial charge in [0.25, 0.3) is 0 Å². The van der Waals surface area contributed by atoms with Crippen molar-refractivity contribution >= 4 is 11.9 Å². The van der Waals surface area contributed by atoms with Crippen LogP contribution in [0.5, 0.6) is 11.5 Å². The Balaban J connectivity index is 0.00000121. The van der Waals surface area contributed by atoms with Gasteiger partial charge in [-0.05, 0) is 31.2 Å². The molecule has 0 aliphatic rings. The minimum absolute atomic E-state index is 0.00729. The monoisotopic (exact) mass is 236 g/mol. The third-order valence-corrected chi connectivity index (χ3v) is 1.94. The first kappa shape index (κ1) is 15.2. The molecular formula is C14H20O3. The molecule has 3 nitrogen and oxygen atoms in total. The van der Waals surface area contributed by atoms with Crippen LogP contribution in [-0.4, -0.2) is 20.0 Å². The summed E-state index contributed by atoms with van der Waals surface area (Å²) in [5, 5.41) is 0. The fourth-order valence-corrected chi connectivity index (χ4v) is 1.16. The van der Waals surface area contributed by atoms with E-state index in [4.69, 9.17) is 9.47 Å². The van der Waals surface area contributed by atoms with E-state index in [0.29, 0.717) is 5.75 Å². The van der Waals surface area contributed by atoms with Crippen molar-refractivity contribution in [2.45, 2.75) is 20.8 Å². The lowest BCUT2D eigenvalue weighted by Gasteiger charge is -2.06. The van der Waals surface area contributed by atoms with Gasteiger partial charge in [0, 0.05) is 11.6 Å². The van der Waals surface area contributed by atoms with Crippen LogP contribution in [0.25, 0.3) is 6.08 Å². The van der Waals surface area contributed by atoms with Gasteiger partial charge in [0.05, 0.1) is 14.2 Å². The molecule has 0 unspecified atom stereocenters. The number of hydrogen-bond acceptors (Lipinski definition) is 3. The van der Waals surface area contributed by atoms with E-state index in [9.17, 15) is 4.79 Å². The van der Waals surface area contributed by atoms with Gasteiger partial charge >= 0.3 is 0 Å². The maximum Gasteiger partial charge on any atom is 0.152 e. The van der Waals surface area contributed by atoms with Gasteiger partial charge in [-0.2, -0.15) is 0 Å². The van der Waals surface area contributed by atoms with E-state index >= 15 is 0 Å². The molecule has 94 valence electrons. The molecule has 0 amide bonds. The molecule has 3 heteroatoms. The van der Waals surface area contributed by atoms with Gasteiger partial charge < -0.3 is 9.47 Å². The van der Waals surface area contributed by atoms with E-state index in [0.717, 1.165) is 11.3 Å². The minimum atomic E-state index is 0.00729. The van der Waals surface area contributed by atoms with E-state index in [-0.39, 0.29) is 5.78 Å². The molecule has 17 heavy (non-hydrogen) atoms. The van der Waals surface area contributed by atoms with Crippen LogP contribution in [0.1, 0.15) is 26.3 Å². The maximum absolute atomic E-state index is 10.8. The zero-order valence-electron chi connectivity index (χ0n) is 11.1. The zero-order valence-corrected chi connectivity index (χ0v) is 11.1. The van der Waals surface area contributed by atoms with Crippen molar-refractivity contribution in [3.63, 3.8) is 0 Å². The van der Waals surface area contributed by atoms with Crippen molar-refractivity contribution in [3.05, 3.63) is 29.8 Å². The van der Waals surface area contributed by atoms with Crippen LogP contribution >= 0.6 is 0 Å². The van der Waals surface area contributed by atoms with Crippen LogP contribution in [0.15, 0.2) is 24.3 Å². The number of allylic oxidation sites excluding steroid dienone is 1. The second kappa shape index (κ2) is 8.39. The number of rotatable bonds is 4. The fraction of sp³-hybridized carbons (Fsp3) is 0.357. The van der Waals surface area contributed by atoms with Crippen molar-refractivity contribution < 1.29 is 14.3 Å². The standard InChI is InChI=1S/C12H14O3.C2H6/c1-9(13)4-5-10-6-7-11(14-2)8-12(10)15-3;1-2/h4-8H,1-3H3;1-2H3/b5-4+;. The van der Waals surface area contributed by atoms with Crippen LogP contribution in [0, 0.1) is 0 Å². The molecular weight excluding hydrogens is 216 g/mol. The predicted octanol–water partition coefficient (Wildman–Crippen LogP) is 3.33. The molecule has 0 aliphatic heterocycles. The molecule has 0 radical (unpaired) electrons. The molecule has 1 aromatic carbocycles. The van der Waals surface area contributed by atoms with Gasteiger partial charge in [0.1, 0.15) is 11.5 Å². The quantitative estimate of drug-likeness (QED) is 0.752. The average molecular weight is 236 g/mol. The van der Waals surface area contributed by atoms with E-state index in [1.165, 1.54) is 13.0 Å². The van der Waals surface area contributed by atoms with Gasteiger partial charge in [0.2, 0.25) is 0 Å². The van der Waals surface area contributed by atoms with Gasteiger partial charge in [0.15, 0.2) is 5.78 Å². The molecule has 0 atom stereocenters. The number of hydrogen-bond donors (Lipinski definition) is 0. The van der Waals surface area contributed by atoms with E-state index in [1.807, 2.05) is 26.0 Å². The Labute approximate surface area is 103 Å². The van der Waals surface area contributed by atoms with Crippen molar-refractivity contribution in [3.8, 4) is 11.5 Å². The number of carbonyl (C=O) groups is 1. The lowest BCUT2D eigenvalue weighted by atomic mass is 10.1. The van der Waals surface area contributed by atoms with Gasteiger partial charge in [-0.15, -0.1) is 0 Å². The molecule has 0 fully saturated rings. The molecule has 0 aliphatic carbocycles. The van der Waals surface area contributed by atoms with Gasteiger partial charge in [-0.1, -0.05) is 13.8 Å². The Morgan fingerprint density at radius 3 is 2.29 bits per heavy atom. The highest BCUT2D eigenvalue weighted by Gasteiger charge is 2.01. The lowest BCUT2D eigenvalue weighted by molar-refractivity contribution is -0.112. The Morgan fingerprint density at radius 2 is 1.82 bits per heavy atom. The maximum atomic E-state index is 10.8. The Morgan fingerprint density at radius 1 is 1.18 bits per heavy atom. The summed E-state index contributed by atoms with van der Waals surface area (Å²) in [6.45, 7) is 5.51. The number of benzene rings is 1. The third-order valence-electron chi connectivity index (χ3n) is 1.94. The molecule has 0 N–H and O–H groups in total. The largest absolute Gasteiger partial charge is 0.497 e. The highest BCUT2D eigenvalue weighted by atomic mass is 16.5. The van der Waals surface area contributed by atoms with E-state index in [2.05, 4.69) is 0 Å². The normalized spacial score (nSPS) is 9.47. The summed E-state index contributed by atoms with van der Waals surface area (Å²) >= 11 is 0. The SMILES string of the molecule is CC.COc1ccc(/C=C/C(C)=O)c(OC)c1. The topological polar surface area (TPSA) is 35.5 Å². The fourth-order valence-electron chi connectivity index (χ4n) is 1.16. The smallest absolute Gasteiger partial charge is 0.152 e. The predicted molar refractivity (Wildman–Crippen MR) is 70.6 cm³/mol. The molecule has 1 aromatic rings. The van der Waals surface area contributed by atoms with Gasteiger partial charge in [-0.3, -0.25) is 4.79 Å². The highest BCUT2D eigenvalue weighted by Crippen LogP contribution is 2.25. The zero-order chi connectivity index (χ0) is 13.3. The first-order valence-electron chi connectivity index (χ1n) is 5.58.